The number of nitrogens with two attached hydrogens (primary N) is 1. The average molecular weight is 322 g/mol. The summed E-state index contributed by atoms with van der Waals surface area (Å²) in [5.74, 6) is -0.0196. The molecular formula is C11H16ClN3O2S2. The summed E-state index contributed by atoms with van der Waals surface area (Å²) >= 11 is 10.9. The summed E-state index contributed by atoms with van der Waals surface area (Å²) in [6.07, 6.45) is 0. The number of halogens is 1. The van der Waals surface area contributed by atoms with Gasteiger partial charge in [0.2, 0.25) is 10.0 Å². The lowest BCUT2D eigenvalue weighted by Crippen LogP contribution is -2.29. The molecule has 0 aliphatic heterocycles. The van der Waals surface area contributed by atoms with Crippen molar-refractivity contribution in [1.82, 2.24) is 4.72 Å². The molecule has 106 valence electrons. The fraction of sp³-hybridized carbons (Fsp3) is 0.364. The fourth-order valence-corrected chi connectivity index (χ4v) is 2.75. The number of hydrogen-bond acceptors (Lipinski definition) is 4. The summed E-state index contributed by atoms with van der Waals surface area (Å²) in [6.45, 7) is 2.38. The molecule has 0 fully saturated rings. The quantitative estimate of drug-likeness (QED) is 0.660. The van der Waals surface area contributed by atoms with Crippen molar-refractivity contribution in [3.8, 4) is 0 Å². The Hall–Kier alpha value is -0.890. The molecule has 0 unspecified atom stereocenters. The van der Waals surface area contributed by atoms with Gasteiger partial charge >= 0.3 is 0 Å². The van der Waals surface area contributed by atoms with Crippen LogP contribution >= 0.6 is 23.8 Å². The van der Waals surface area contributed by atoms with Gasteiger partial charge in [-0.3, -0.25) is 0 Å². The summed E-state index contributed by atoms with van der Waals surface area (Å²) in [5.41, 5.74) is 6.81. The minimum absolute atomic E-state index is 0.0196. The molecule has 19 heavy (non-hydrogen) atoms. The molecule has 1 rings (SSSR count). The molecule has 0 atom stereocenters. The molecule has 0 radical (unpaired) electrons. The molecule has 1 aromatic carbocycles. The van der Waals surface area contributed by atoms with Crippen LogP contribution in [0.5, 0.6) is 0 Å². The minimum Gasteiger partial charge on any atom is -0.389 e. The molecule has 0 saturated carbocycles. The van der Waals surface area contributed by atoms with E-state index < -0.39 is 10.0 Å². The van der Waals surface area contributed by atoms with Crippen molar-refractivity contribution in [1.29, 1.82) is 0 Å². The number of rotatable bonds is 7. The maximum absolute atomic E-state index is 11.4. The van der Waals surface area contributed by atoms with Crippen molar-refractivity contribution < 1.29 is 8.42 Å². The Kier molecular flexibility index (Phi) is 5.99. The van der Waals surface area contributed by atoms with Crippen molar-refractivity contribution in [2.75, 3.05) is 24.2 Å². The molecule has 8 heteroatoms. The molecule has 0 amide bonds. The van der Waals surface area contributed by atoms with E-state index in [2.05, 4.69) is 10.0 Å². The van der Waals surface area contributed by atoms with Gasteiger partial charge in [0.1, 0.15) is 4.99 Å². The van der Waals surface area contributed by atoms with E-state index in [1.54, 1.807) is 25.1 Å². The van der Waals surface area contributed by atoms with Crippen LogP contribution in [0.15, 0.2) is 18.2 Å². The van der Waals surface area contributed by atoms with E-state index in [-0.39, 0.29) is 17.3 Å². The zero-order valence-corrected chi connectivity index (χ0v) is 12.8. The van der Waals surface area contributed by atoms with Crippen LogP contribution in [0.2, 0.25) is 5.02 Å². The van der Waals surface area contributed by atoms with Crippen LogP contribution in [0.1, 0.15) is 12.5 Å². The fourth-order valence-electron chi connectivity index (χ4n) is 1.42. The third-order valence-electron chi connectivity index (χ3n) is 2.30. The highest BCUT2D eigenvalue weighted by Gasteiger charge is 2.09. The summed E-state index contributed by atoms with van der Waals surface area (Å²) in [5, 5.41) is 3.41. The van der Waals surface area contributed by atoms with E-state index in [1.807, 2.05) is 0 Å². The normalized spacial score (nSPS) is 11.3. The van der Waals surface area contributed by atoms with Gasteiger partial charge in [0.25, 0.3) is 0 Å². The molecule has 0 aromatic heterocycles. The molecule has 0 aliphatic carbocycles. The largest absolute Gasteiger partial charge is 0.389 e. The highest BCUT2D eigenvalue weighted by atomic mass is 35.5. The Morgan fingerprint density at radius 1 is 1.47 bits per heavy atom. The Balaban J connectivity index is 2.62. The van der Waals surface area contributed by atoms with Crippen LogP contribution in [-0.4, -0.2) is 32.2 Å². The molecule has 0 saturated heterocycles. The van der Waals surface area contributed by atoms with Gasteiger partial charge in [-0.1, -0.05) is 30.7 Å². The average Bonchev–Trinajstić information content (AvgIpc) is 2.30. The van der Waals surface area contributed by atoms with Crippen LogP contribution in [-0.2, 0) is 10.0 Å². The molecule has 5 nitrogen and oxygen atoms in total. The van der Waals surface area contributed by atoms with Crippen molar-refractivity contribution in [3.05, 3.63) is 28.8 Å². The smallest absolute Gasteiger partial charge is 0.213 e. The lowest BCUT2D eigenvalue weighted by molar-refractivity contribution is 0.584. The zero-order valence-electron chi connectivity index (χ0n) is 10.4. The molecular weight excluding hydrogens is 306 g/mol. The van der Waals surface area contributed by atoms with E-state index in [9.17, 15) is 8.42 Å². The summed E-state index contributed by atoms with van der Waals surface area (Å²) in [7, 11) is -3.23. The van der Waals surface area contributed by atoms with Gasteiger partial charge in [-0.05, 0) is 18.2 Å². The van der Waals surface area contributed by atoms with Crippen LogP contribution in [0.4, 0.5) is 5.69 Å². The predicted octanol–water partition coefficient (Wildman–Crippen LogP) is 1.33. The molecule has 0 spiro atoms. The maximum atomic E-state index is 11.4. The Labute approximate surface area is 123 Å². The second-order valence-electron chi connectivity index (χ2n) is 3.80. The zero-order chi connectivity index (χ0) is 14.5. The highest BCUT2D eigenvalue weighted by Crippen LogP contribution is 2.22. The number of anilines is 1. The lowest BCUT2D eigenvalue weighted by atomic mass is 10.2. The van der Waals surface area contributed by atoms with Gasteiger partial charge in [-0.2, -0.15) is 0 Å². The second kappa shape index (κ2) is 7.04. The van der Waals surface area contributed by atoms with E-state index in [0.29, 0.717) is 22.8 Å². The minimum atomic E-state index is -3.23. The lowest BCUT2D eigenvalue weighted by Gasteiger charge is -2.10. The number of nitrogens with one attached hydrogen (secondary N) is 2. The van der Waals surface area contributed by atoms with E-state index in [1.165, 1.54) is 0 Å². The van der Waals surface area contributed by atoms with Gasteiger partial charge in [0.15, 0.2) is 0 Å². The molecule has 0 bridgehead atoms. The Bertz CT molecular complexity index is 561. The number of benzene rings is 1. The topological polar surface area (TPSA) is 84.2 Å². The van der Waals surface area contributed by atoms with Crippen molar-refractivity contribution in [2.24, 2.45) is 5.73 Å². The third-order valence-corrected chi connectivity index (χ3v) is 4.32. The highest BCUT2D eigenvalue weighted by molar-refractivity contribution is 7.89. The molecule has 0 aliphatic rings. The number of hydrogen-bond donors (Lipinski definition) is 3. The first-order chi connectivity index (χ1) is 8.85. The molecule has 1 aromatic rings. The van der Waals surface area contributed by atoms with Crippen molar-refractivity contribution in [2.45, 2.75) is 6.92 Å². The predicted molar refractivity (Wildman–Crippen MR) is 83.3 cm³/mol. The van der Waals surface area contributed by atoms with Gasteiger partial charge in [0.05, 0.1) is 16.5 Å². The molecule has 0 heterocycles. The monoisotopic (exact) mass is 321 g/mol. The van der Waals surface area contributed by atoms with E-state index in [0.717, 1.165) is 0 Å². The van der Waals surface area contributed by atoms with E-state index in [4.69, 9.17) is 29.6 Å². The van der Waals surface area contributed by atoms with Gasteiger partial charge in [0, 0.05) is 18.7 Å². The summed E-state index contributed by atoms with van der Waals surface area (Å²) in [6, 6.07) is 5.09. The van der Waals surface area contributed by atoms with Gasteiger partial charge in [-0.25, -0.2) is 13.1 Å². The third kappa shape index (κ3) is 5.32. The number of sulfonamides is 1. The van der Waals surface area contributed by atoms with Crippen LogP contribution in [0.3, 0.4) is 0 Å². The van der Waals surface area contributed by atoms with Crippen LogP contribution in [0.25, 0.3) is 0 Å². The van der Waals surface area contributed by atoms with E-state index >= 15 is 0 Å². The van der Waals surface area contributed by atoms with Crippen LogP contribution in [0, 0.1) is 0 Å². The first-order valence-corrected chi connectivity index (χ1v) is 8.10. The first-order valence-electron chi connectivity index (χ1n) is 5.66. The second-order valence-corrected chi connectivity index (χ2v) is 6.58. The Morgan fingerprint density at radius 3 is 2.68 bits per heavy atom. The van der Waals surface area contributed by atoms with Crippen molar-refractivity contribution in [3.63, 3.8) is 0 Å². The first kappa shape index (κ1) is 16.2. The molecule has 4 N–H and O–H groups in total. The SMILES string of the molecule is CCNS(=O)(=O)CCNc1ccc(C(N)=S)cc1Cl. The Morgan fingerprint density at radius 2 is 2.16 bits per heavy atom. The maximum Gasteiger partial charge on any atom is 0.213 e. The van der Waals surface area contributed by atoms with Crippen LogP contribution < -0.4 is 15.8 Å². The summed E-state index contributed by atoms with van der Waals surface area (Å²) in [4.78, 5) is 0.267. The standard InChI is InChI=1S/C11H16ClN3O2S2/c1-2-15-19(16,17)6-5-14-10-4-3-8(11(13)18)7-9(10)12/h3-4,7,14-15H,2,5-6H2,1H3,(H2,13,18). The number of thiocarbonyl (C=S) groups is 1. The van der Waals surface area contributed by atoms with Gasteiger partial charge < -0.3 is 11.1 Å². The summed E-state index contributed by atoms with van der Waals surface area (Å²) < 4.78 is 25.3. The van der Waals surface area contributed by atoms with Crippen molar-refractivity contribution >= 4 is 44.5 Å². The van der Waals surface area contributed by atoms with Gasteiger partial charge in [-0.15, -0.1) is 0 Å².